The van der Waals surface area contributed by atoms with Crippen molar-refractivity contribution >= 4 is 15.9 Å². The first kappa shape index (κ1) is 18.2. The molecule has 2 heterocycles. The average Bonchev–Trinajstić information content (AvgIpc) is 3.18. The molecular formula is C20H14BrFN4O2. The number of aryl methyl sites for hydroxylation is 2. The fourth-order valence-corrected chi connectivity index (χ4v) is 2.92. The summed E-state index contributed by atoms with van der Waals surface area (Å²) in [7, 11) is 0. The summed E-state index contributed by atoms with van der Waals surface area (Å²) in [6.45, 7) is 0.288. The van der Waals surface area contributed by atoms with E-state index in [0.717, 1.165) is 15.6 Å². The van der Waals surface area contributed by atoms with Crippen molar-refractivity contribution in [3.8, 4) is 22.6 Å². The molecule has 0 N–H and O–H groups in total. The molecular weight excluding hydrogens is 427 g/mol. The molecule has 0 aliphatic rings. The van der Waals surface area contributed by atoms with Crippen LogP contribution in [0.1, 0.15) is 5.89 Å². The number of benzene rings is 2. The van der Waals surface area contributed by atoms with Gasteiger partial charge in [-0.3, -0.25) is 4.79 Å². The van der Waals surface area contributed by atoms with E-state index in [1.54, 1.807) is 18.2 Å². The van der Waals surface area contributed by atoms with Gasteiger partial charge in [-0.25, -0.2) is 9.07 Å². The Kier molecular flexibility index (Phi) is 5.12. The fourth-order valence-electron chi connectivity index (χ4n) is 2.66. The van der Waals surface area contributed by atoms with Gasteiger partial charge in [0, 0.05) is 28.1 Å². The van der Waals surface area contributed by atoms with Crippen LogP contribution in [0.3, 0.4) is 0 Å². The molecule has 0 aliphatic carbocycles. The summed E-state index contributed by atoms with van der Waals surface area (Å²) in [6, 6.07) is 16.6. The van der Waals surface area contributed by atoms with Crippen LogP contribution in [0.5, 0.6) is 0 Å². The first-order valence-corrected chi connectivity index (χ1v) is 9.30. The van der Waals surface area contributed by atoms with Crippen LogP contribution in [0.15, 0.2) is 74.5 Å². The lowest BCUT2D eigenvalue weighted by Crippen LogP contribution is -2.23. The molecule has 8 heteroatoms. The van der Waals surface area contributed by atoms with E-state index in [4.69, 9.17) is 4.52 Å². The minimum atomic E-state index is -0.324. The first-order valence-electron chi connectivity index (χ1n) is 8.51. The van der Waals surface area contributed by atoms with Gasteiger partial charge in [0.1, 0.15) is 5.82 Å². The third-order valence-electron chi connectivity index (χ3n) is 4.11. The molecule has 0 saturated carbocycles. The monoisotopic (exact) mass is 440 g/mol. The van der Waals surface area contributed by atoms with Gasteiger partial charge in [0.2, 0.25) is 11.7 Å². The number of halogens is 2. The highest BCUT2D eigenvalue weighted by atomic mass is 79.9. The van der Waals surface area contributed by atoms with Crippen molar-refractivity contribution in [2.45, 2.75) is 13.0 Å². The zero-order chi connectivity index (χ0) is 19.5. The Morgan fingerprint density at radius 2 is 1.68 bits per heavy atom. The Hall–Kier alpha value is -3.13. The molecule has 0 unspecified atom stereocenters. The molecule has 2 aromatic heterocycles. The van der Waals surface area contributed by atoms with Crippen molar-refractivity contribution in [1.82, 2.24) is 19.9 Å². The van der Waals surface area contributed by atoms with Crippen LogP contribution in [0, 0.1) is 5.82 Å². The van der Waals surface area contributed by atoms with Crippen LogP contribution in [-0.2, 0) is 13.0 Å². The van der Waals surface area contributed by atoms with E-state index >= 15 is 0 Å². The van der Waals surface area contributed by atoms with Crippen molar-refractivity contribution in [2.24, 2.45) is 0 Å². The molecule has 140 valence electrons. The minimum absolute atomic E-state index is 0.237. The molecule has 0 atom stereocenters. The highest BCUT2D eigenvalue weighted by molar-refractivity contribution is 9.10. The molecule has 0 aliphatic heterocycles. The molecule has 2 aromatic carbocycles. The van der Waals surface area contributed by atoms with E-state index < -0.39 is 0 Å². The molecule has 0 saturated heterocycles. The highest BCUT2D eigenvalue weighted by Crippen LogP contribution is 2.19. The van der Waals surface area contributed by atoms with Gasteiger partial charge in [-0.05, 0) is 54.6 Å². The zero-order valence-electron chi connectivity index (χ0n) is 14.5. The molecule has 4 aromatic rings. The van der Waals surface area contributed by atoms with E-state index in [-0.39, 0.29) is 17.9 Å². The lowest BCUT2D eigenvalue weighted by atomic mass is 10.1. The summed E-state index contributed by atoms with van der Waals surface area (Å²) >= 11 is 3.38. The Morgan fingerprint density at radius 3 is 2.43 bits per heavy atom. The van der Waals surface area contributed by atoms with E-state index in [1.165, 1.54) is 22.9 Å². The number of hydrogen-bond acceptors (Lipinski definition) is 5. The average molecular weight is 441 g/mol. The van der Waals surface area contributed by atoms with E-state index in [1.807, 2.05) is 24.3 Å². The number of hydrogen-bond donors (Lipinski definition) is 0. The number of aromatic nitrogens is 4. The van der Waals surface area contributed by atoms with Crippen molar-refractivity contribution in [3.05, 3.63) is 87.2 Å². The predicted octanol–water partition coefficient (Wildman–Crippen LogP) is 4.10. The van der Waals surface area contributed by atoms with Gasteiger partial charge in [-0.15, -0.1) is 0 Å². The summed E-state index contributed by atoms with van der Waals surface area (Å²) in [4.78, 5) is 16.5. The summed E-state index contributed by atoms with van der Waals surface area (Å²) in [5.74, 6) is 0.580. The van der Waals surface area contributed by atoms with Gasteiger partial charge in [0.15, 0.2) is 0 Å². The Balaban J connectivity index is 1.50. The van der Waals surface area contributed by atoms with Crippen LogP contribution in [0.25, 0.3) is 22.6 Å². The van der Waals surface area contributed by atoms with Gasteiger partial charge in [0.05, 0.1) is 12.2 Å². The number of nitrogens with zero attached hydrogens (tertiary/aromatic N) is 4. The standard InChI is InChI=1S/C20H14BrFN4O2/c21-15-5-1-14(2-6-15)20-23-18(28-25-20)11-12-26-19(27)10-9-17(24-26)13-3-7-16(22)8-4-13/h1-10H,11-12H2. The SMILES string of the molecule is O=c1ccc(-c2ccc(F)cc2)nn1CCc1nc(-c2ccc(Br)cc2)no1. The van der Waals surface area contributed by atoms with Crippen molar-refractivity contribution < 1.29 is 8.91 Å². The van der Waals surface area contributed by atoms with E-state index in [0.29, 0.717) is 23.8 Å². The molecule has 0 amide bonds. The number of rotatable bonds is 5. The minimum Gasteiger partial charge on any atom is -0.339 e. The summed E-state index contributed by atoms with van der Waals surface area (Å²) in [5.41, 5.74) is 1.91. The molecule has 4 rings (SSSR count). The van der Waals surface area contributed by atoms with Gasteiger partial charge >= 0.3 is 0 Å². The first-order chi connectivity index (χ1) is 13.6. The smallest absolute Gasteiger partial charge is 0.266 e. The Morgan fingerprint density at radius 1 is 0.964 bits per heavy atom. The van der Waals surface area contributed by atoms with Gasteiger partial charge in [-0.1, -0.05) is 21.1 Å². The van der Waals surface area contributed by atoms with E-state index in [2.05, 4.69) is 31.2 Å². The maximum atomic E-state index is 13.1. The normalized spacial score (nSPS) is 10.9. The third kappa shape index (κ3) is 4.07. The van der Waals surface area contributed by atoms with Gasteiger partial charge in [0.25, 0.3) is 5.56 Å². The topological polar surface area (TPSA) is 73.8 Å². The quantitative estimate of drug-likeness (QED) is 0.466. The highest BCUT2D eigenvalue weighted by Gasteiger charge is 2.10. The summed E-state index contributed by atoms with van der Waals surface area (Å²) in [5, 5.41) is 8.33. The predicted molar refractivity (Wildman–Crippen MR) is 105 cm³/mol. The molecule has 6 nitrogen and oxygen atoms in total. The fraction of sp³-hybridized carbons (Fsp3) is 0.100. The van der Waals surface area contributed by atoms with Crippen LogP contribution in [-0.4, -0.2) is 19.9 Å². The summed E-state index contributed by atoms with van der Waals surface area (Å²) in [6.07, 6.45) is 0.364. The third-order valence-corrected chi connectivity index (χ3v) is 4.64. The molecule has 0 spiro atoms. The molecule has 0 fully saturated rings. The lowest BCUT2D eigenvalue weighted by molar-refractivity contribution is 0.368. The van der Waals surface area contributed by atoms with E-state index in [9.17, 15) is 9.18 Å². The zero-order valence-corrected chi connectivity index (χ0v) is 16.1. The molecule has 0 radical (unpaired) electrons. The van der Waals surface area contributed by atoms with Crippen molar-refractivity contribution in [1.29, 1.82) is 0 Å². The van der Waals surface area contributed by atoms with Gasteiger partial charge in [-0.2, -0.15) is 10.1 Å². The second-order valence-corrected chi connectivity index (χ2v) is 6.97. The van der Waals surface area contributed by atoms with Crippen LogP contribution >= 0.6 is 15.9 Å². The van der Waals surface area contributed by atoms with Crippen LogP contribution in [0.4, 0.5) is 4.39 Å². The molecule has 28 heavy (non-hydrogen) atoms. The largest absolute Gasteiger partial charge is 0.339 e. The maximum Gasteiger partial charge on any atom is 0.266 e. The second-order valence-electron chi connectivity index (χ2n) is 6.06. The Bertz CT molecular complexity index is 1150. The van der Waals surface area contributed by atoms with Crippen LogP contribution in [0.2, 0.25) is 0 Å². The summed E-state index contributed by atoms with van der Waals surface area (Å²) < 4.78 is 20.7. The lowest BCUT2D eigenvalue weighted by Gasteiger charge is -2.06. The maximum absolute atomic E-state index is 13.1. The van der Waals surface area contributed by atoms with Gasteiger partial charge < -0.3 is 4.52 Å². The van der Waals surface area contributed by atoms with Crippen LogP contribution < -0.4 is 5.56 Å². The van der Waals surface area contributed by atoms with Crippen molar-refractivity contribution in [2.75, 3.05) is 0 Å². The second kappa shape index (κ2) is 7.85. The molecule has 0 bridgehead atoms. The van der Waals surface area contributed by atoms with Crippen molar-refractivity contribution in [3.63, 3.8) is 0 Å². The Labute approximate surface area is 167 Å².